The average molecular weight is 342 g/mol. The fourth-order valence-electron chi connectivity index (χ4n) is 3.97. The minimum absolute atomic E-state index is 0.0313. The Kier molecular flexibility index (Phi) is 5.43. The molecule has 4 unspecified atom stereocenters. The Balaban J connectivity index is 2.29. The minimum Gasteiger partial charge on any atom is -0.319 e. The molecule has 1 aliphatic rings. The summed E-state index contributed by atoms with van der Waals surface area (Å²) in [5, 5.41) is 19.7. The molecule has 0 aromatic heterocycles. The van der Waals surface area contributed by atoms with Crippen molar-refractivity contribution in [2.24, 2.45) is 5.92 Å². The first-order valence-corrected chi connectivity index (χ1v) is 9.07. The summed E-state index contributed by atoms with van der Waals surface area (Å²) >= 11 is 0. The SMILES string of the molecule is CCC1(C)CC(C#N)(NC(=O)Nc2ccccc2)C(C)C(C)(CC)N1. The number of hydrogen-bond acceptors (Lipinski definition) is 3. The number of urea groups is 1. The van der Waals surface area contributed by atoms with Crippen molar-refractivity contribution in [3.05, 3.63) is 30.3 Å². The van der Waals surface area contributed by atoms with Gasteiger partial charge in [-0.15, -0.1) is 0 Å². The van der Waals surface area contributed by atoms with E-state index in [-0.39, 0.29) is 23.0 Å². The highest BCUT2D eigenvalue weighted by atomic mass is 16.2. The lowest BCUT2D eigenvalue weighted by Crippen LogP contribution is -2.74. The number of nitriles is 1. The molecule has 1 aliphatic heterocycles. The molecule has 0 radical (unpaired) electrons. The van der Waals surface area contributed by atoms with Crippen molar-refractivity contribution < 1.29 is 4.79 Å². The maximum absolute atomic E-state index is 12.6. The number of hydrogen-bond donors (Lipinski definition) is 3. The Morgan fingerprint density at radius 2 is 1.92 bits per heavy atom. The molecule has 5 heteroatoms. The van der Waals surface area contributed by atoms with Crippen molar-refractivity contribution in [3.8, 4) is 6.07 Å². The van der Waals surface area contributed by atoms with Crippen LogP contribution in [0.15, 0.2) is 30.3 Å². The van der Waals surface area contributed by atoms with Crippen molar-refractivity contribution in [1.29, 1.82) is 5.26 Å². The van der Waals surface area contributed by atoms with Gasteiger partial charge in [0.25, 0.3) is 0 Å². The van der Waals surface area contributed by atoms with Crippen LogP contribution in [0.25, 0.3) is 0 Å². The van der Waals surface area contributed by atoms with Gasteiger partial charge in [0.1, 0.15) is 5.54 Å². The Bertz CT molecular complexity index is 655. The first-order valence-electron chi connectivity index (χ1n) is 9.07. The van der Waals surface area contributed by atoms with Crippen molar-refractivity contribution in [2.75, 3.05) is 5.32 Å². The predicted molar refractivity (Wildman–Crippen MR) is 101 cm³/mol. The molecule has 5 nitrogen and oxygen atoms in total. The summed E-state index contributed by atoms with van der Waals surface area (Å²) in [4.78, 5) is 12.6. The number of nitrogens with zero attached hydrogens (tertiary/aromatic N) is 1. The average Bonchev–Trinajstić information content (AvgIpc) is 2.60. The molecule has 0 aliphatic carbocycles. The largest absolute Gasteiger partial charge is 0.320 e. The lowest BCUT2D eigenvalue weighted by atomic mass is 9.62. The number of rotatable bonds is 4. The molecule has 1 aromatic carbocycles. The van der Waals surface area contributed by atoms with Gasteiger partial charge < -0.3 is 16.0 Å². The van der Waals surface area contributed by atoms with Gasteiger partial charge in [-0.05, 0) is 38.8 Å². The van der Waals surface area contributed by atoms with Crippen molar-refractivity contribution >= 4 is 11.7 Å². The molecule has 2 rings (SSSR count). The molecular weight excluding hydrogens is 312 g/mol. The number of carbonyl (C=O) groups is 1. The van der Waals surface area contributed by atoms with Crippen molar-refractivity contribution in [2.45, 2.75) is 70.5 Å². The monoisotopic (exact) mass is 342 g/mol. The topological polar surface area (TPSA) is 77.0 Å². The molecule has 4 atom stereocenters. The van der Waals surface area contributed by atoms with Crippen LogP contribution in [0.5, 0.6) is 0 Å². The van der Waals surface area contributed by atoms with Crippen LogP contribution in [-0.2, 0) is 0 Å². The maximum Gasteiger partial charge on any atom is 0.320 e. The Labute approximate surface area is 151 Å². The molecule has 1 heterocycles. The molecule has 3 N–H and O–H groups in total. The van der Waals surface area contributed by atoms with Gasteiger partial charge in [0, 0.05) is 29.1 Å². The second-order valence-electron chi connectivity index (χ2n) is 7.74. The maximum atomic E-state index is 12.6. The molecule has 1 saturated heterocycles. The standard InChI is InChI=1S/C20H30N4O/c1-6-18(4)13-20(14-21,15(3)19(5,7-2)24-18)23-17(25)22-16-11-9-8-10-12-16/h8-12,15,24H,6-7,13H2,1-5H3,(H2,22,23,25). The van der Waals surface area contributed by atoms with Crippen molar-refractivity contribution in [3.63, 3.8) is 0 Å². The Morgan fingerprint density at radius 3 is 2.44 bits per heavy atom. The van der Waals surface area contributed by atoms with Crippen LogP contribution in [0, 0.1) is 17.2 Å². The van der Waals surface area contributed by atoms with Gasteiger partial charge in [0.15, 0.2) is 0 Å². The quantitative estimate of drug-likeness (QED) is 0.773. The van der Waals surface area contributed by atoms with Gasteiger partial charge >= 0.3 is 6.03 Å². The van der Waals surface area contributed by atoms with Gasteiger partial charge in [-0.2, -0.15) is 5.26 Å². The van der Waals surface area contributed by atoms with E-state index < -0.39 is 5.54 Å². The zero-order chi connectivity index (χ0) is 18.7. The van der Waals surface area contributed by atoms with Crippen LogP contribution in [0.1, 0.15) is 53.9 Å². The number of amides is 2. The zero-order valence-electron chi connectivity index (χ0n) is 15.9. The Morgan fingerprint density at radius 1 is 1.28 bits per heavy atom. The van der Waals surface area contributed by atoms with Gasteiger partial charge in [0.05, 0.1) is 6.07 Å². The van der Waals surface area contributed by atoms with E-state index in [1.807, 2.05) is 30.3 Å². The van der Waals surface area contributed by atoms with Gasteiger partial charge in [-0.1, -0.05) is 39.0 Å². The normalized spacial score (nSPS) is 34.8. The van der Waals surface area contributed by atoms with E-state index in [4.69, 9.17) is 0 Å². The van der Waals surface area contributed by atoms with Crippen LogP contribution in [-0.4, -0.2) is 22.6 Å². The lowest BCUT2D eigenvalue weighted by Gasteiger charge is -2.56. The van der Waals surface area contributed by atoms with Gasteiger partial charge in [0.2, 0.25) is 0 Å². The summed E-state index contributed by atoms with van der Waals surface area (Å²) in [6.45, 7) is 10.6. The summed E-state index contributed by atoms with van der Waals surface area (Å²) in [6.07, 6.45) is 2.35. The van der Waals surface area contributed by atoms with E-state index in [0.29, 0.717) is 12.1 Å². The van der Waals surface area contributed by atoms with Gasteiger partial charge in [-0.3, -0.25) is 0 Å². The van der Waals surface area contributed by atoms with Gasteiger partial charge in [-0.25, -0.2) is 4.79 Å². The van der Waals surface area contributed by atoms with E-state index in [1.54, 1.807) is 0 Å². The molecule has 1 fully saturated rings. The fraction of sp³-hybridized carbons (Fsp3) is 0.600. The molecule has 2 amide bonds. The van der Waals surface area contributed by atoms with Crippen LogP contribution in [0.3, 0.4) is 0 Å². The smallest absolute Gasteiger partial charge is 0.319 e. The first kappa shape index (κ1) is 19.3. The lowest BCUT2D eigenvalue weighted by molar-refractivity contribution is 0.0326. The number of carbonyl (C=O) groups excluding carboxylic acids is 1. The molecular formula is C20H30N4O. The summed E-state index contributed by atoms with van der Waals surface area (Å²) in [6, 6.07) is 11.4. The third-order valence-corrected chi connectivity index (χ3v) is 6.03. The molecule has 25 heavy (non-hydrogen) atoms. The highest BCUT2D eigenvalue weighted by Gasteiger charge is 2.55. The minimum atomic E-state index is -0.917. The highest BCUT2D eigenvalue weighted by Crippen LogP contribution is 2.43. The Hall–Kier alpha value is -2.06. The summed E-state index contributed by atoms with van der Waals surface area (Å²) in [5.41, 5.74) is -0.628. The van der Waals surface area contributed by atoms with Crippen LogP contribution >= 0.6 is 0 Å². The number of nitrogens with one attached hydrogen (secondary N) is 3. The van der Waals surface area contributed by atoms with E-state index in [2.05, 4.69) is 56.6 Å². The van der Waals surface area contributed by atoms with Crippen LogP contribution in [0.2, 0.25) is 0 Å². The summed E-state index contributed by atoms with van der Waals surface area (Å²) in [7, 11) is 0. The second kappa shape index (κ2) is 7.05. The van der Waals surface area contributed by atoms with Crippen molar-refractivity contribution in [1.82, 2.24) is 10.6 Å². The van der Waals surface area contributed by atoms with E-state index >= 15 is 0 Å². The highest BCUT2D eigenvalue weighted by molar-refractivity contribution is 5.90. The predicted octanol–water partition coefficient (Wildman–Crippen LogP) is 4.04. The van der Waals surface area contributed by atoms with E-state index in [0.717, 1.165) is 12.8 Å². The number of para-hydroxylation sites is 1. The molecule has 0 spiro atoms. The van der Waals surface area contributed by atoms with E-state index in [9.17, 15) is 10.1 Å². The number of anilines is 1. The molecule has 1 aromatic rings. The first-order chi connectivity index (χ1) is 11.7. The third-order valence-electron chi connectivity index (χ3n) is 6.03. The third kappa shape index (κ3) is 3.80. The second-order valence-corrected chi connectivity index (χ2v) is 7.74. The zero-order valence-corrected chi connectivity index (χ0v) is 15.9. The summed E-state index contributed by atoms with van der Waals surface area (Å²) in [5.74, 6) is -0.0313. The fourth-order valence-corrected chi connectivity index (χ4v) is 3.97. The molecule has 0 saturated carbocycles. The van der Waals surface area contributed by atoms with Crippen LogP contribution < -0.4 is 16.0 Å². The van der Waals surface area contributed by atoms with E-state index in [1.165, 1.54) is 0 Å². The molecule has 136 valence electrons. The van der Waals surface area contributed by atoms with Crippen LogP contribution in [0.4, 0.5) is 10.5 Å². The molecule has 0 bridgehead atoms. The number of benzene rings is 1. The number of piperidine rings is 1. The summed E-state index contributed by atoms with van der Waals surface area (Å²) < 4.78 is 0.